The fraction of sp³-hybridized carbons (Fsp3) is 0.533. The molecule has 0 spiro atoms. The third-order valence-electron chi connectivity index (χ3n) is 3.99. The van der Waals surface area contributed by atoms with Gasteiger partial charge in [-0.2, -0.15) is 0 Å². The molecular formula is C15H19N3O2S. The van der Waals surface area contributed by atoms with Crippen molar-refractivity contribution >= 4 is 33.3 Å². The van der Waals surface area contributed by atoms with Crippen molar-refractivity contribution < 1.29 is 9.90 Å². The summed E-state index contributed by atoms with van der Waals surface area (Å²) in [7, 11) is 0. The molecule has 21 heavy (non-hydrogen) atoms. The van der Waals surface area contributed by atoms with Gasteiger partial charge in [0.25, 0.3) is 0 Å². The number of anilines is 1. The molecule has 0 radical (unpaired) electrons. The molecule has 0 fully saturated rings. The Morgan fingerprint density at radius 3 is 2.95 bits per heavy atom. The average molecular weight is 305 g/mol. The van der Waals surface area contributed by atoms with Crippen LogP contribution in [-0.4, -0.2) is 27.1 Å². The van der Waals surface area contributed by atoms with Gasteiger partial charge in [-0.25, -0.2) is 9.97 Å². The van der Waals surface area contributed by atoms with Crippen LogP contribution in [0.5, 0.6) is 0 Å². The van der Waals surface area contributed by atoms with Gasteiger partial charge in [0.05, 0.1) is 5.39 Å². The largest absolute Gasteiger partial charge is 0.480 e. The minimum absolute atomic E-state index is 0.666. The summed E-state index contributed by atoms with van der Waals surface area (Å²) in [5, 5.41) is 13.2. The summed E-state index contributed by atoms with van der Waals surface area (Å²) in [6.07, 6.45) is 3.28. The van der Waals surface area contributed by atoms with E-state index in [9.17, 15) is 4.79 Å². The second kappa shape index (κ2) is 5.26. The van der Waals surface area contributed by atoms with Crippen LogP contribution in [0.1, 0.15) is 36.5 Å². The summed E-state index contributed by atoms with van der Waals surface area (Å²) in [6, 6.07) is -0.666. The van der Waals surface area contributed by atoms with Gasteiger partial charge in [-0.15, -0.1) is 11.3 Å². The molecule has 6 heteroatoms. The van der Waals surface area contributed by atoms with E-state index in [4.69, 9.17) is 5.11 Å². The summed E-state index contributed by atoms with van der Waals surface area (Å²) in [5.41, 5.74) is 1.31. The lowest BCUT2D eigenvalue weighted by atomic mass is 9.89. The summed E-state index contributed by atoms with van der Waals surface area (Å²) >= 11 is 1.73. The molecule has 0 saturated carbocycles. The maximum Gasteiger partial charge on any atom is 0.325 e. The van der Waals surface area contributed by atoms with E-state index >= 15 is 0 Å². The van der Waals surface area contributed by atoms with E-state index in [0.29, 0.717) is 17.6 Å². The lowest BCUT2D eigenvalue weighted by Gasteiger charge is -2.18. The Bertz CT molecular complexity index is 710. The predicted octanol–water partition coefficient (Wildman–Crippen LogP) is 3.01. The molecule has 2 aromatic heterocycles. The van der Waals surface area contributed by atoms with Crippen molar-refractivity contribution in [2.45, 2.75) is 46.1 Å². The van der Waals surface area contributed by atoms with E-state index in [0.717, 1.165) is 23.1 Å². The molecule has 2 unspecified atom stereocenters. The second-order valence-corrected chi connectivity index (χ2v) is 6.94. The van der Waals surface area contributed by atoms with E-state index in [2.05, 4.69) is 22.2 Å². The fourth-order valence-electron chi connectivity index (χ4n) is 2.82. The number of carboxylic acid groups (broad SMARTS) is 1. The van der Waals surface area contributed by atoms with Crippen molar-refractivity contribution in [2.75, 3.05) is 5.32 Å². The number of aryl methyl sites for hydroxylation is 2. The van der Waals surface area contributed by atoms with Gasteiger partial charge in [0.2, 0.25) is 0 Å². The van der Waals surface area contributed by atoms with Crippen molar-refractivity contribution in [3.63, 3.8) is 0 Å². The van der Waals surface area contributed by atoms with Crippen molar-refractivity contribution in [3.8, 4) is 0 Å². The number of carboxylic acids is 1. The maximum atomic E-state index is 11.1. The molecule has 2 heterocycles. The summed E-state index contributed by atoms with van der Waals surface area (Å²) in [4.78, 5) is 22.4. The smallest absolute Gasteiger partial charge is 0.325 e. The minimum Gasteiger partial charge on any atom is -0.480 e. The standard InChI is InChI=1S/C15H19N3O2S/c1-7-4-5-10-11(6-7)21-14-12(10)13(17-9(3)18-14)16-8(2)15(19)20/h7-8H,4-6H2,1-3H3,(H,19,20)(H,16,17,18). The van der Waals surface area contributed by atoms with Gasteiger partial charge in [0.1, 0.15) is 22.5 Å². The van der Waals surface area contributed by atoms with E-state index in [-0.39, 0.29) is 0 Å². The molecule has 0 bridgehead atoms. The number of thiophene rings is 1. The quantitative estimate of drug-likeness (QED) is 0.911. The number of nitrogens with zero attached hydrogens (tertiary/aromatic N) is 2. The average Bonchev–Trinajstić information content (AvgIpc) is 2.75. The zero-order valence-electron chi connectivity index (χ0n) is 12.4. The van der Waals surface area contributed by atoms with E-state index in [1.54, 1.807) is 18.3 Å². The summed E-state index contributed by atoms with van der Waals surface area (Å²) in [6.45, 7) is 5.75. The van der Waals surface area contributed by atoms with Crippen LogP contribution in [0.4, 0.5) is 5.82 Å². The molecule has 2 N–H and O–H groups in total. The lowest BCUT2D eigenvalue weighted by molar-refractivity contribution is -0.137. The van der Waals surface area contributed by atoms with E-state index < -0.39 is 12.0 Å². The first-order chi connectivity index (χ1) is 9.95. The van der Waals surface area contributed by atoms with Crippen LogP contribution in [0, 0.1) is 12.8 Å². The number of rotatable bonds is 3. The highest BCUT2D eigenvalue weighted by Crippen LogP contribution is 2.40. The lowest BCUT2D eigenvalue weighted by Crippen LogP contribution is -2.26. The van der Waals surface area contributed by atoms with E-state index in [1.165, 1.54) is 16.9 Å². The molecule has 0 aromatic carbocycles. The Balaban J connectivity index is 2.12. The highest BCUT2D eigenvalue weighted by Gasteiger charge is 2.24. The van der Waals surface area contributed by atoms with Gasteiger partial charge in [-0.3, -0.25) is 4.79 Å². The first kappa shape index (κ1) is 14.3. The van der Waals surface area contributed by atoms with Crippen molar-refractivity contribution in [1.29, 1.82) is 0 Å². The van der Waals surface area contributed by atoms with Crippen LogP contribution in [0.25, 0.3) is 10.2 Å². The van der Waals surface area contributed by atoms with Crippen molar-refractivity contribution in [3.05, 3.63) is 16.3 Å². The fourth-order valence-corrected chi connectivity index (χ4v) is 4.25. The molecule has 3 rings (SSSR count). The Morgan fingerprint density at radius 1 is 1.48 bits per heavy atom. The molecule has 1 aliphatic rings. The van der Waals surface area contributed by atoms with Crippen LogP contribution < -0.4 is 5.32 Å². The number of carbonyl (C=O) groups is 1. The highest BCUT2D eigenvalue weighted by atomic mass is 32.1. The molecule has 5 nitrogen and oxygen atoms in total. The monoisotopic (exact) mass is 305 g/mol. The first-order valence-corrected chi connectivity index (χ1v) is 8.05. The third kappa shape index (κ3) is 2.60. The van der Waals surface area contributed by atoms with Crippen LogP contribution in [0.15, 0.2) is 0 Å². The van der Waals surface area contributed by atoms with Crippen LogP contribution in [-0.2, 0) is 17.6 Å². The molecular weight excluding hydrogens is 286 g/mol. The predicted molar refractivity (Wildman–Crippen MR) is 84.1 cm³/mol. The molecule has 2 atom stereocenters. The summed E-state index contributed by atoms with van der Waals surface area (Å²) < 4.78 is 0. The second-order valence-electron chi connectivity index (χ2n) is 5.86. The van der Waals surface area contributed by atoms with Gasteiger partial charge >= 0.3 is 5.97 Å². The van der Waals surface area contributed by atoms with Crippen molar-refractivity contribution in [2.24, 2.45) is 5.92 Å². The Hall–Kier alpha value is -1.69. The number of hydrogen-bond acceptors (Lipinski definition) is 5. The molecule has 0 amide bonds. The molecule has 2 aromatic rings. The van der Waals surface area contributed by atoms with Gasteiger partial charge in [0, 0.05) is 4.88 Å². The van der Waals surface area contributed by atoms with Crippen molar-refractivity contribution in [1.82, 2.24) is 9.97 Å². The van der Waals surface area contributed by atoms with E-state index in [1.807, 2.05) is 6.92 Å². The van der Waals surface area contributed by atoms with Gasteiger partial charge in [0.15, 0.2) is 0 Å². The molecule has 1 aliphatic carbocycles. The SMILES string of the molecule is Cc1nc(NC(C)C(=O)O)c2c3c(sc2n1)CC(C)CC3. The Morgan fingerprint density at radius 2 is 2.24 bits per heavy atom. The Labute approximate surface area is 127 Å². The third-order valence-corrected chi connectivity index (χ3v) is 5.14. The topological polar surface area (TPSA) is 75.1 Å². The first-order valence-electron chi connectivity index (χ1n) is 7.24. The number of hydrogen-bond donors (Lipinski definition) is 2. The maximum absolute atomic E-state index is 11.1. The van der Waals surface area contributed by atoms with Crippen LogP contribution in [0.3, 0.4) is 0 Å². The molecule has 112 valence electrons. The minimum atomic E-state index is -0.878. The van der Waals surface area contributed by atoms with Gasteiger partial charge in [-0.05, 0) is 44.6 Å². The van der Waals surface area contributed by atoms with Gasteiger partial charge < -0.3 is 10.4 Å². The number of fused-ring (bicyclic) bond motifs is 3. The number of aromatic nitrogens is 2. The normalized spacial score (nSPS) is 19.3. The van der Waals surface area contributed by atoms with Crippen LogP contribution >= 0.6 is 11.3 Å². The zero-order valence-corrected chi connectivity index (χ0v) is 13.3. The number of aliphatic carboxylic acids is 1. The molecule has 0 saturated heterocycles. The highest BCUT2D eigenvalue weighted by molar-refractivity contribution is 7.19. The summed E-state index contributed by atoms with van der Waals surface area (Å²) in [5.74, 6) is 1.17. The van der Waals surface area contributed by atoms with Crippen LogP contribution in [0.2, 0.25) is 0 Å². The van der Waals surface area contributed by atoms with Gasteiger partial charge in [-0.1, -0.05) is 6.92 Å². The zero-order chi connectivity index (χ0) is 15.1. The Kier molecular flexibility index (Phi) is 3.57. The molecule has 0 aliphatic heterocycles. The number of nitrogens with one attached hydrogen (secondary N) is 1.